The smallest absolute Gasteiger partial charge is 0.415 e. The Labute approximate surface area is 195 Å². The van der Waals surface area contributed by atoms with Gasteiger partial charge in [0, 0.05) is 18.8 Å². The number of aromatic nitrogens is 5. The number of esters is 1. The Bertz CT molecular complexity index is 1240. The van der Waals surface area contributed by atoms with E-state index in [-0.39, 0.29) is 18.6 Å². The summed E-state index contributed by atoms with van der Waals surface area (Å²) in [6, 6.07) is 8.81. The first kappa shape index (κ1) is 22.0. The molecule has 11 heteroatoms. The maximum Gasteiger partial charge on any atom is 0.415 e. The quantitative estimate of drug-likeness (QED) is 0.541. The van der Waals surface area contributed by atoms with Gasteiger partial charge in [0.15, 0.2) is 11.9 Å². The fourth-order valence-electron chi connectivity index (χ4n) is 4.28. The lowest BCUT2D eigenvalue weighted by Gasteiger charge is -2.19. The van der Waals surface area contributed by atoms with Gasteiger partial charge in [-0.3, -0.25) is 14.7 Å². The molecule has 1 aromatic carbocycles. The molecule has 2 aliphatic rings. The zero-order valence-corrected chi connectivity index (χ0v) is 19.1. The molecule has 1 amide bonds. The van der Waals surface area contributed by atoms with Crippen molar-refractivity contribution >= 4 is 17.7 Å². The SMILES string of the molecule is CC(C)[C@H](N)C(=O)OC[C@@H]1OC(=O)N2c3ccc(-c4ccc(-c5nnnn5C)nc4)cc3C[C@@H]12. The highest BCUT2D eigenvalue weighted by Gasteiger charge is 2.48. The van der Waals surface area contributed by atoms with E-state index < -0.39 is 24.2 Å². The van der Waals surface area contributed by atoms with Crippen LogP contribution in [0.4, 0.5) is 10.5 Å². The third-order valence-electron chi connectivity index (χ3n) is 6.30. The van der Waals surface area contributed by atoms with E-state index in [2.05, 4.69) is 26.6 Å². The van der Waals surface area contributed by atoms with Crippen molar-refractivity contribution in [2.24, 2.45) is 18.7 Å². The molecule has 5 rings (SSSR count). The number of hydrogen-bond acceptors (Lipinski definition) is 9. The molecule has 1 saturated heterocycles. The summed E-state index contributed by atoms with van der Waals surface area (Å²) in [5, 5.41) is 11.5. The lowest BCUT2D eigenvalue weighted by atomic mass is 10.0. The fourth-order valence-corrected chi connectivity index (χ4v) is 4.28. The van der Waals surface area contributed by atoms with E-state index in [1.54, 1.807) is 22.8 Å². The van der Waals surface area contributed by atoms with Crippen LogP contribution in [0.5, 0.6) is 0 Å². The van der Waals surface area contributed by atoms with Crippen molar-refractivity contribution < 1.29 is 19.1 Å². The number of cyclic esters (lactones) is 1. The number of aryl methyl sites for hydroxylation is 1. The van der Waals surface area contributed by atoms with Crippen LogP contribution in [-0.2, 0) is 27.7 Å². The molecule has 0 bridgehead atoms. The summed E-state index contributed by atoms with van der Waals surface area (Å²) >= 11 is 0. The normalized spacial score (nSPS) is 19.7. The van der Waals surface area contributed by atoms with Crippen molar-refractivity contribution in [1.29, 1.82) is 0 Å². The van der Waals surface area contributed by atoms with Crippen LogP contribution in [0, 0.1) is 5.92 Å². The molecule has 34 heavy (non-hydrogen) atoms. The van der Waals surface area contributed by atoms with Crippen molar-refractivity contribution in [3.63, 3.8) is 0 Å². The van der Waals surface area contributed by atoms with Gasteiger partial charge in [-0.25, -0.2) is 9.48 Å². The van der Waals surface area contributed by atoms with Gasteiger partial charge < -0.3 is 15.2 Å². The van der Waals surface area contributed by atoms with Crippen LogP contribution in [-0.4, -0.2) is 62.0 Å². The molecule has 0 radical (unpaired) electrons. The lowest BCUT2D eigenvalue weighted by molar-refractivity contribution is -0.149. The molecule has 3 atom stereocenters. The Balaban J connectivity index is 1.32. The molecule has 2 aromatic heterocycles. The predicted molar refractivity (Wildman–Crippen MR) is 121 cm³/mol. The number of hydrogen-bond donors (Lipinski definition) is 1. The van der Waals surface area contributed by atoms with Gasteiger partial charge in [-0.05, 0) is 52.1 Å². The highest BCUT2D eigenvalue weighted by atomic mass is 16.6. The molecule has 4 heterocycles. The summed E-state index contributed by atoms with van der Waals surface area (Å²) in [6.07, 6.45) is 1.39. The number of nitrogens with two attached hydrogens (primary N) is 1. The second-order valence-electron chi connectivity index (χ2n) is 8.87. The third-order valence-corrected chi connectivity index (χ3v) is 6.30. The lowest BCUT2D eigenvalue weighted by Crippen LogP contribution is -2.40. The number of carbonyl (C=O) groups excluding carboxylic acids is 2. The Hall–Kier alpha value is -3.86. The largest absolute Gasteiger partial charge is 0.460 e. The monoisotopic (exact) mass is 463 g/mol. The maximum absolute atomic E-state index is 12.6. The van der Waals surface area contributed by atoms with E-state index in [1.165, 1.54) is 0 Å². The fraction of sp³-hybridized carbons (Fsp3) is 0.391. The number of tetrazole rings is 1. The number of fused-ring (bicyclic) bond motifs is 3. The molecule has 3 aromatic rings. The van der Waals surface area contributed by atoms with Crippen LogP contribution >= 0.6 is 0 Å². The van der Waals surface area contributed by atoms with Crippen LogP contribution in [0.25, 0.3) is 22.6 Å². The van der Waals surface area contributed by atoms with E-state index in [0.717, 1.165) is 22.4 Å². The van der Waals surface area contributed by atoms with E-state index in [9.17, 15) is 9.59 Å². The van der Waals surface area contributed by atoms with Crippen LogP contribution < -0.4 is 10.6 Å². The first-order chi connectivity index (χ1) is 16.3. The third kappa shape index (κ3) is 3.77. The Morgan fingerprint density at radius 3 is 2.74 bits per heavy atom. The first-order valence-corrected chi connectivity index (χ1v) is 11.1. The zero-order chi connectivity index (χ0) is 24.0. The summed E-state index contributed by atoms with van der Waals surface area (Å²) in [5.41, 5.74) is 10.3. The molecule has 0 saturated carbocycles. The van der Waals surface area contributed by atoms with Gasteiger partial charge in [0.2, 0.25) is 0 Å². The zero-order valence-electron chi connectivity index (χ0n) is 19.1. The van der Waals surface area contributed by atoms with Crippen molar-refractivity contribution in [2.75, 3.05) is 11.5 Å². The van der Waals surface area contributed by atoms with Crippen LogP contribution in [0.1, 0.15) is 19.4 Å². The van der Waals surface area contributed by atoms with E-state index in [0.29, 0.717) is 17.9 Å². The minimum absolute atomic E-state index is 0.0186. The minimum Gasteiger partial charge on any atom is -0.460 e. The van der Waals surface area contributed by atoms with Crippen LogP contribution in [0.2, 0.25) is 0 Å². The highest BCUT2D eigenvalue weighted by Crippen LogP contribution is 2.40. The molecule has 0 spiro atoms. The molecule has 0 unspecified atom stereocenters. The van der Waals surface area contributed by atoms with Crippen molar-refractivity contribution in [2.45, 2.75) is 38.5 Å². The van der Waals surface area contributed by atoms with Crippen molar-refractivity contribution in [3.8, 4) is 22.6 Å². The van der Waals surface area contributed by atoms with Crippen LogP contribution in [0.3, 0.4) is 0 Å². The molecule has 2 aliphatic heterocycles. The Morgan fingerprint density at radius 1 is 1.26 bits per heavy atom. The highest BCUT2D eigenvalue weighted by molar-refractivity contribution is 5.94. The molecular weight excluding hydrogens is 438 g/mol. The second kappa shape index (κ2) is 8.49. The average molecular weight is 463 g/mol. The van der Waals surface area contributed by atoms with Gasteiger partial charge in [-0.2, -0.15) is 0 Å². The topological polar surface area (TPSA) is 138 Å². The molecule has 176 valence electrons. The van der Waals surface area contributed by atoms with Crippen molar-refractivity contribution in [3.05, 3.63) is 42.1 Å². The number of nitrogens with zero attached hydrogens (tertiary/aromatic N) is 6. The number of carbonyl (C=O) groups is 2. The standard InChI is InChI=1S/C23H25N7O4/c1-12(2)20(24)22(31)33-11-19-18-9-15-8-13(5-7-17(15)30(18)23(32)34-19)14-4-6-16(25-10-14)21-26-27-28-29(21)3/h4-8,10,12,18-20H,9,11,24H2,1-3H3/t18-,19-,20-/m0/s1. The van der Waals surface area contributed by atoms with Gasteiger partial charge in [-0.1, -0.05) is 26.0 Å². The summed E-state index contributed by atoms with van der Waals surface area (Å²) in [6.45, 7) is 3.68. The van der Waals surface area contributed by atoms with Gasteiger partial charge in [0.25, 0.3) is 0 Å². The van der Waals surface area contributed by atoms with E-state index in [1.807, 2.05) is 38.1 Å². The number of amides is 1. The van der Waals surface area contributed by atoms with E-state index >= 15 is 0 Å². The number of pyridine rings is 1. The molecule has 0 aliphatic carbocycles. The van der Waals surface area contributed by atoms with Gasteiger partial charge in [0.05, 0.1) is 11.7 Å². The molecular formula is C23H25N7O4. The summed E-state index contributed by atoms with van der Waals surface area (Å²) in [5.74, 6) is 0.0565. The molecule has 1 fully saturated rings. The summed E-state index contributed by atoms with van der Waals surface area (Å²) in [4.78, 5) is 30.8. The van der Waals surface area contributed by atoms with E-state index in [4.69, 9.17) is 15.2 Å². The molecule has 11 nitrogen and oxygen atoms in total. The Morgan fingerprint density at radius 2 is 2.06 bits per heavy atom. The second-order valence-corrected chi connectivity index (χ2v) is 8.87. The first-order valence-electron chi connectivity index (χ1n) is 11.1. The van der Waals surface area contributed by atoms with Crippen molar-refractivity contribution in [1.82, 2.24) is 25.2 Å². The summed E-state index contributed by atoms with van der Waals surface area (Å²) in [7, 11) is 1.76. The Kier molecular flexibility index (Phi) is 5.48. The van der Waals surface area contributed by atoms with Gasteiger partial charge >= 0.3 is 12.1 Å². The number of ether oxygens (including phenoxy) is 2. The number of anilines is 1. The maximum atomic E-state index is 12.6. The number of benzene rings is 1. The van der Waals surface area contributed by atoms with Crippen LogP contribution in [0.15, 0.2) is 36.5 Å². The van der Waals surface area contributed by atoms with Gasteiger partial charge in [0.1, 0.15) is 18.3 Å². The number of rotatable bonds is 6. The van der Waals surface area contributed by atoms with Gasteiger partial charge in [-0.15, -0.1) is 5.10 Å². The predicted octanol–water partition coefficient (Wildman–Crippen LogP) is 1.72. The minimum atomic E-state index is -0.707. The summed E-state index contributed by atoms with van der Waals surface area (Å²) < 4.78 is 12.4. The molecule has 2 N–H and O–H groups in total. The average Bonchev–Trinajstić information content (AvgIpc) is 3.51.